The van der Waals surface area contributed by atoms with Gasteiger partial charge in [0.05, 0.1) is 36.5 Å². The Balaban J connectivity index is 1.84. The van der Waals surface area contributed by atoms with Gasteiger partial charge in [-0.15, -0.1) is 0 Å². The van der Waals surface area contributed by atoms with Crippen molar-refractivity contribution in [2.75, 3.05) is 14.2 Å². The highest BCUT2D eigenvalue weighted by molar-refractivity contribution is 6.22. The van der Waals surface area contributed by atoms with Crippen molar-refractivity contribution < 1.29 is 19.1 Å². The average Bonchev–Trinajstić information content (AvgIpc) is 3.37. The lowest BCUT2D eigenvalue weighted by Crippen LogP contribution is -2.04. The van der Waals surface area contributed by atoms with E-state index in [0.717, 1.165) is 45.3 Å². The predicted molar refractivity (Wildman–Crippen MR) is 154 cm³/mol. The Hall–Kier alpha value is -5.16. The molecular formula is C34H25NO4. The van der Waals surface area contributed by atoms with Crippen molar-refractivity contribution in [3.05, 3.63) is 126 Å². The van der Waals surface area contributed by atoms with Gasteiger partial charge in [0, 0.05) is 16.7 Å². The second kappa shape index (κ2) is 9.95. The number of benzene rings is 4. The van der Waals surface area contributed by atoms with E-state index in [2.05, 4.69) is 4.40 Å². The molecule has 39 heavy (non-hydrogen) atoms. The molecule has 0 atom stereocenters. The molecule has 0 amide bonds. The summed E-state index contributed by atoms with van der Waals surface area (Å²) in [5.74, 6) is 1.28. The molecule has 5 heteroatoms. The number of nitrogens with zero attached hydrogens (tertiary/aromatic N) is 1. The topological polar surface area (TPSA) is 57.0 Å². The van der Waals surface area contributed by atoms with Gasteiger partial charge >= 0.3 is 0 Å². The van der Waals surface area contributed by atoms with Crippen molar-refractivity contribution in [2.45, 2.75) is 0 Å². The molecule has 0 radical (unpaired) electrons. The van der Waals surface area contributed by atoms with Gasteiger partial charge in [-0.2, -0.15) is 0 Å². The molecule has 0 saturated heterocycles. The fourth-order valence-electron chi connectivity index (χ4n) is 5.24. The van der Waals surface area contributed by atoms with E-state index in [4.69, 9.17) is 9.47 Å². The Morgan fingerprint density at radius 2 is 1.31 bits per heavy atom. The molecule has 0 unspecified atom stereocenters. The van der Waals surface area contributed by atoms with Crippen LogP contribution in [0.25, 0.3) is 38.8 Å². The number of fused-ring (bicyclic) bond motifs is 3. The lowest BCUT2D eigenvalue weighted by Gasteiger charge is -2.12. The summed E-state index contributed by atoms with van der Waals surface area (Å²) in [4.78, 5) is 26.9. The SMILES string of the molecule is COc1ccc(-c2c(C(=O)c3ccccc3)c3c(C=O)cc4ccccc4n3c2-c2ccc(OC)cc2)cc1. The summed E-state index contributed by atoms with van der Waals surface area (Å²) in [6.07, 6.45) is 0.832. The maximum Gasteiger partial charge on any atom is 0.195 e. The van der Waals surface area contributed by atoms with Crippen molar-refractivity contribution >= 4 is 28.5 Å². The molecule has 5 nitrogen and oxygen atoms in total. The first-order chi connectivity index (χ1) is 19.1. The summed E-state index contributed by atoms with van der Waals surface area (Å²) in [5, 5.41) is 0.900. The number of ether oxygens (including phenoxy) is 2. The fraction of sp³-hybridized carbons (Fsp3) is 0.0588. The van der Waals surface area contributed by atoms with E-state index in [1.54, 1.807) is 26.4 Å². The van der Waals surface area contributed by atoms with Gasteiger partial charge in [-0.05, 0) is 65.0 Å². The highest BCUT2D eigenvalue weighted by Crippen LogP contribution is 2.44. The third-order valence-electron chi connectivity index (χ3n) is 7.07. The zero-order valence-electron chi connectivity index (χ0n) is 21.5. The Kier molecular flexibility index (Phi) is 6.17. The van der Waals surface area contributed by atoms with E-state index >= 15 is 0 Å². The summed E-state index contributed by atoms with van der Waals surface area (Å²) in [6.45, 7) is 0. The standard InChI is InChI=1S/C34H25NO4/c1-38-27-16-12-22(13-17-27)30-31(34(37)24-8-4-3-5-9-24)33-26(21-36)20-25-10-6-7-11-29(25)35(33)32(30)23-14-18-28(39-2)19-15-23/h3-21H,1-2H3. The van der Waals surface area contributed by atoms with Crippen LogP contribution in [0.2, 0.25) is 0 Å². The molecule has 4 aromatic carbocycles. The summed E-state index contributed by atoms with van der Waals surface area (Å²) in [6, 6.07) is 34.4. The first-order valence-corrected chi connectivity index (χ1v) is 12.6. The van der Waals surface area contributed by atoms with Gasteiger partial charge in [-0.1, -0.05) is 60.7 Å². The molecule has 2 aromatic heterocycles. The lowest BCUT2D eigenvalue weighted by atomic mass is 9.92. The first-order valence-electron chi connectivity index (χ1n) is 12.6. The van der Waals surface area contributed by atoms with Gasteiger partial charge in [-0.25, -0.2) is 0 Å². The fourth-order valence-corrected chi connectivity index (χ4v) is 5.24. The van der Waals surface area contributed by atoms with Gasteiger partial charge in [0.15, 0.2) is 12.1 Å². The van der Waals surface area contributed by atoms with Gasteiger partial charge < -0.3 is 13.9 Å². The highest BCUT2D eigenvalue weighted by Gasteiger charge is 2.29. The van der Waals surface area contributed by atoms with Crippen LogP contribution in [-0.4, -0.2) is 30.7 Å². The van der Waals surface area contributed by atoms with Crippen LogP contribution in [0.1, 0.15) is 26.3 Å². The zero-order chi connectivity index (χ0) is 26.9. The molecule has 0 saturated carbocycles. The van der Waals surface area contributed by atoms with Gasteiger partial charge in [-0.3, -0.25) is 9.59 Å². The molecule has 0 aliphatic rings. The van der Waals surface area contributed by atoms with Crippen LogP contribution in [0.4, 0.5) is 0 Å². The minimum atomic E-state index is -0.155. The van der Waals surface area contributed by atoms with Crippen molar-refractivity contribution in [2.24, 2.45) is 0 Å². The van der Waals surface area contributed by atoms with Crippen LogP contribution in [0.3, 0.4) is 0 Å². The minimum Gasteiger partial charge on any atom is -0.497 e. The zero-order valence-corrected chi connectivity index (χ0v) is 21.5. The first kappa shape index (κ1) is 24.2. The number of ketones is 1. The Morgan fingerprint density at radius 1 is 0.718 bits per heavy atom. The molecule has 190 valence electrons. The van der Waals surface area contributed by atoms with Crippen LogP contribution in [0.15, 0.2) is 109 Å². The van der Waals surface area contributed by atoms with E-state index < -0.39 is 0 Å². The maximum atomic E-state index is 14.4. The average molecular weight is 512 g/mol. The number of aldehydes is 1. The molecule has 6 rings (SSSR count). The number of para-hydroxylation sites is 1. The summed E-state index contributed by atoms with van der Waals surface area (Å²) in [7, 11) is 3.25. The lowest BCUT2D eigenvalue weighted by molar-refractivity contribution is 0.104. The number of pyridine rings is 1. The Morgan fingerprint density at radius 3 is 1.92 bits per heavy atom. The van der Waals surface area contributed by atoms with E-state index in [0.29, 0.717) is 28.0 Å². The minimum absolute atomic E-state index is 0.155. The predicted octanol–water partition coefficient (Wildman–Crippen LogP) is 7.49. The second-order valence-corrected chi connectivity index (χ2v) is 9.21. The molecule has 0 N–H and O–H groups in total. The third-order valence-corrected chi connectivity index (χ3v) is 7.07. The van der Waals surface area contributed by atoms with Crippen molar-refractivity contribution in [3.8, 4) is 33.9 Å². The maximum absolute atomic E-state index is 14.4. The van der Waals surface area contributed by atoms with Crippen LogP contribution >= 0.6 is 0 Å². The molecule has 0 spiro atoms. The molecule has 0 fully saturated rings. The van der Waals surface area contributed by atoms with Crippen molar-refractivity contribution in [1.82, 2.24) is 4.40 Å². The van der Waals surface area contributed by atoms with E-state index in [1.165, 1.54) is 0 Å². The molecule has 6 aromatic rings. The Bertz CT molecular complexity index is 1830. The summed E-state index contributed by atoms with van der Waals surface area (Å²) in [5.41, 5.74) is 6.23. The Labute approximate surface area is 225 Å². The van der Waals surface area contributed by atoms with Gasteiger partial charge in [0.25, 0.3) is 0 Å². The van der Waals surface area contributed by atoms with Crippen LogP contribution in [-0.2, 0) is 0 Å². The highest BCUT2D eigenvalue weighted by atomic mass is 16.5. The largest absolute Gasteiger partial charge is 0.497 e. The number of methoxy groups -OCH3 is 2. The molecule has 0 bridgehead atoms. The van der Waals surface area contributed by atoms with E-state index in [1.807, 2.05) is 97.1 Å². The van der Waals surface area contributed by atoms with E-state index in [-0.39, 0.29) is 5.78 Å². The number of hydrogen-bond donors (Lipinski definition) is 0. The number of rotatable bonds is 7. The van der Waals surface area contributed by atoms with Gasteiger partial charge in [0.2, 0.25) is 0 Å². The summed E-state index contributed by atoms with van der Waals surface area (Å²) < 4.78 is 12.9. The number of hydrogen-bond acceptors (Lipinski definition) is 4. The van der Waals surface area contributed by atoms with Crippen LogP contribution in [0.5, 0.6) is 11.5 Å². The number of aromatic nitrogens is 1. The van der Waals surface area contributed by atoms with Gasteiger partial charge in [0.1, 0.15) is 11.5 Å². The normalized spacial score (nSPS) is 11.0. The smallest absolute Gasteiger partial charge is 0.195 e. The monoisotopic (exact) mass is 511 g/mol. The molecule has 0 aliphatic carbocycles. The van der Waals surface area contributed by atoms with Crippen LogP contribution in [0, 0.1) is 0 Å². The number of carbonyl (C=O) groups excluding carboxylic acids is 2. The molecular weight excluding hydrogens is 486 g/mol. The number of carbonyl (C=O) groups is 2. The second-order valence-electron chi connectivity index (χ2n) is 9.21. The van der Waals surface area contributed by atoms with Crippen LogP contribution < -0.4 is 9.47 Å². The van der Waals surface area contributed by atoms with E-state index in [9.17, 15) is 9.59 Å². The molecule has 2 heterocycles. The van der Waals surface area contributed by atoms with Crippen molar-refractivity contribution in [1.29, 1.82) is 0 Å². The summed E-state index contributed by atoms with van der Waals surface area (Å²) >= 11 is 0. The molecule has 0 aliphatic heterocycles. The van der Waals surface area contributed by atoms with Crippen molar-refractivity contribution in [3.63, 3.8) is 0 Å². The third kappa shape index (κ3) is 4.05. The quantitative estimate of drug-likeness (QED) is 0.165.